The zero-order valence-electron chi connectivity index (χ0n) is 15.0. The molecule has 0 spiro atoms. The monoisotopic (exact) mass is 376 g/mol. The Morgan fingerprint density at radius 2 is 1.85 bits per heavy atom. The summed E-state index contributed by atoms with van der Waals surface area (Å²) < 4.78 is 19.3. The SMILES string of the molecule is COc1cccc(C(=O)N2CCN(Cc3c(F)cccc3Cl)CC2)c1C. The maximum Gasteiger partial charge on any atom is 0.254 e. The van der Waals surface area contributed by atoms with Gasteiger partial charge in [-0.3, -0.25) is 9.69 Å². The number of benzene rings is 2. The number of hydrogen-bond acceptors (Lipinski definition) is 3. The van der Waals surface area contributed by atoms with Crippen LogP contribution in [0.5, 0.6) is 5.75 Å². The van der Waals surface area contributed by atoms with E-state index in [0.717, 1.165) is 5.56 Å². The summed E-state index contributed by atoms with van der Waals surface area (Å²) in [6.07, 6.45) is 0. The quantitative estimate of drug-likeness (QED) is 0.814. The molecular formula is C20H22ClFN2O2. The zero-order valence-corrected chi connectivity index (χ0v) is 15.7. The van der Waals surface area contributed by atoms with Gasteiger partial charge in [-0.05, 0) is 31.2 Å². The highest BCUT2D eigenvalue weighted by Crippen LogP contribution is 2.24. The minimum absolute atomic E-state index is 0.00461. The predicted octanol–water partition coefficient (Wildman–Crippen LogP) is 3.75. The number of amides is 1. The molecule has 0 aromatic heterocycles. The Kier molecular flexibility index (Phi) is 5.79. The van der Waals surface area contributed by atoms with Gasteiger partial charge in [0, 0.05) is 54.4 Å². The molecule has 2 aromatic carbocycles. The van der Waals surface area contributed by atoms with E-state index >= 15 is 0 Å². The third kappa shape index (κ3) is 3.84. The van der Waals surface area contributed by atoms with Gasteiger partial charge >= 0.3 is 0 Å². The number of hydrogen-bond donors (Lipinski definition) is 0. The minimum atomic E-state index is -0.289. The smallest absolute Gasteiger partial charge is 0.254 e. The number of nitrogens with zero attached hydrogens (tertiary/aromatic N) is 2. The van der Waals surface area contributed by atoms with Crippen LogP contribution in [0.25, 0.3) is 0 Å². The van der Waals surface area contributed by atoms with E-state index in [-0.39, 0.29) is 11.7 Å². The summed E-state index contributed by atoms with van der Waals surface area (Å²) in [6.45, 7) is 4.90. The number of methoxy groups -OCH3 is 1. The number of carbonyl (C=O) groups is 1. The average molecular weight is 377 g/mol. The van der Waals surface area contributed by atoms with Crippen LogP contribution in [0.4, 0.5) is 4.39 Å². The molecule has 1 aliphatic rings. The van der Waals surface area contributed by atoms with Gasteiger partial charge < -0.3 is 9.64 Å². The van der Waals surface area contributed by atoms with Crippen LogP contribution >= 0.6 is 11.6 Å². The Bertz CT molecular complexity index is 784. The first-order chi connectivity index (χ1) is 12.5. The molecule has 2 aromatic rings. The molecule has 138 valence electrons. The van der Waals surface area contributed by atoms with E-state index in [2.05, 4.69) is 4.90 Å². The molecule has 0 aliphatic carbocycles. The Morgan fingerprint density at radius 3 is 2.50 bits per heavy atom. The van der Waals surface area contributed by atoms with Gasteiger partial charge in [0.05, 0.1) is 7.11 Å². The number of piperazine rings is 1. The van der Waals surface area contributed by atoms with Crippen molar-refractivity contribution in [3.63, 3.8) is 0 Å². The molecule has 0 radical (unpaired) electrons. The van der Waals surface area contributed by atoms with Crippen LogP contribution in [0.3, 0.4) is 0 Å². The zero-order chi connectivity index (χ0) is 18.7. The lowest BCUT2D eigenvalue weighted by molar-refractivity contribution is 0.0626. The Labute approximate surface area is 158 Å². The van der Waals surface area contributed by atoms with Crippen molar-refractivity contribution in [3.8, 4) is 5.75 Å². The molecule has 1 aliphatic heterocycles. The Balaban J connectivity index is 1.64. The van der Waals surface area contributed by atoms with Gasteiger partial charge in [0.1, 0.15) is 11.6 Å². The predicted molar refractivity (Wildman–Crippen MR) is 100 cm³/mol. The summed E-state index contributed by atoms with van der Waals surface area (Å²) in [4.78, 5) is 16.8. The summed E-state index contributed by atoms with van der Waals surface area (Å²) in [5.41, 5.74) is 2.02. The third-order valence-corrected chi connectivity index (χ3v) is 5.19. The number of carbonyl (C=O) groups excluding carboxylic acids is 1. The summed E-state index contributed by atoms with van der Waals surface area (Å²) in [5, 5.41) is 0.440. The standard InChI is InChI=1S/C20H22ClFN2O2/c1-14-15(5-3-8-19(14)26-2)20(25)24-11-9-23(10-12-24)13-16-17(21)6-4-7-18(16)22/h3-8H,9-13H2,1-2H3. The summed E-state index contributed by atoms with van der Waals surface area (Å²) in [7, 11) is 1.60. The van der Waals surface area contributed by atoms with Crippen molar-refractivity contribution in [2.24, 2.45) is 0 Å². The normalized spacial score (nSPS) is 15.2. The van der Waals surface area contributed by atoms with Gasteiger partial charge in [-0.2, -0.15) is 0 Å². The fourth-order valence-electron chi connectivity index (χ4n) is 3.25. The van der Waals surface area contributed by atoms with Crippen LogP contribution in [0.2, 0.25) is 5.02 Å². The van der Waals surface area contributed by atoms with Crippen molar-refractivity contribution in [2.45, 2.75) is 13.5 Å². The maximum atomic E-state index is 14.0. The van der Waals surface area contributed by atoms with Gasteiger partial charge in [-0.1, -0.05) is 23.7 Å². The van der Waals surface area contributed by atoms with Gasteiger partial charge in [-0.25, -0.2) is 4.39 Å². The van der Waals surface area contributed by atoms with E-state index in [0.29, 0.717) is 54.6 Å². The first-order valence-corrected chi connectivity index (χ1v) is 8.97. The lowest BCUT2D eigenvalue weighted by atomic mass is 10.1. The van der Waals surface area contributed by atoms with E-state index in [4.69, 9.17) is 16.3 Å². The number of ether oxygens (including phenoxy) is 1. The van der Waals surface area contributed by atoms with Crippen LogP contribution in [-0.4, -0.2) is 49.0 Å². The molecule has 0 atom stereocenters. The molecule has 1 saturated heterocycles. The Hall–Kier alpha value is -2.11. The minimum Gasteiger partial charge on any atom is -0.496 e. The fraction of sp³-hybridized carbons (Fsp3) is 0.350. The maximum absolute atomic E-state index is 14.0. The van der Waals surface area contributed by atoms with Crippen molar-refractivity contribution in [1.82, 2.24) is 9.80 Å². The first-order valence-electron chi connectivity index (χ1n) is 8.59. The molecule has 6 heteroatoms. The van der Waals surface area contributed by atoms with E-state index in [1.807, 2.05) is 30.0 Å². The van der Waals surface area contributed by atoms with Crippen molar-refractivity contribution < 1.29 is 13.9 Å². The summed E-state index contributed by atoms with van der Waals surface area (Å²) in [5.74, 6) is 0.427. The second-order valence-electron chi connectivity index (χ2n) is 6.40. The van der Waals surface area contributed by atoms with Gasteiger partial charge in [0.15, 0.2) is 0 Å². The van der Waals surface area contributed by atoms with E-state index < -0.39 is 0 Å². The van der Waals surface area contributed by atoms with Gasteiger partial charge in [-0.15, -0.1) is 0 Å². The van der Waals surface area contributed by atoms with Crippen molar-refractivity contribution in [2.75, 3.05) is 33.3 Å². The lowest BCUT2D eigenvalue weighted by Gasteiger charge is -2.35. The van der Waals surface area contributed by atoms with Crippen LogP contribution in [0, 0.1) is 12.7 Å². The second kappa shape index (κ2) is 8.06. The Morgan fingerprint density at radius 1 is 1.15 bits per heavy atom. The topological polar surface area (TPSA) is 32.8 Å². The molecule has 1 amide bonds. The molecule has 3 rings (SSSR count). The van der Waals surface area contributed by atoms with Crippen LogP contribution in [0.1, 0.15) is 21.5 Å². The molecule has 26 heavy (non-hydrogen) atoms. The molecule has 0 bridgehead atoms. The first kappa shape index (κ1) is 18.7. The van der Waals surface area contributed by atoms with Gasteiger partial charge in [0.25, 0.3) is 5.91 Å². The van der Waals surface area contributed by atoms with E-state index in [1.165, 1.54) is 6.07 Å². The largest absolute Gasteiger partial charge is 0.496 e. The van der Waals surface area contributed by atoms with Crippen molar-refractivity contribution >= 4 is 17.5 Å². The molecule has 0 unspecified atom stereocenters. The molecule has 0 saturated carbocycles. The second-order valence-corrected chi connectivity index (χ2v) is 6.81. The highest BCUT2D eigenvalue weighted by atomic mass is 35.5. The third-order valence-electron chi connectivity index (χ3n) is 4.84. The molecule has 4 nitrogen and oxygen atoms in total. The summed E-state index contributed by atoms with van der Waals surface area (Å²) in [6, 6.07) is 10.2. The number of halogens is 2. The lowest BCUT2D eigenvalue weighted by Crippen LogP contribution is -2.48. The number of rotatable bonds is 4. The van der Waals surface area contributed by atoms with Crippen molar-refractivity contribution in [3.05, 3.63) is 63.9 Å². The fourth-order valence-corrected chi connectivity index (χ4v) is 3.48. The van der Waals surface area contributed by atoms with E-state index in [1.54, 1.807) is 19.2 Å². The molecule has 1 fully saturated rings. The van der Waals surface area contributed by atoms with Crippen molar-refractivity contribution in [1.29, 1.82) is 0 Å². The molecule has 1 heterocycles. The average Bonchev–Trinajstić information content (AvgIpc) is 2.65. The molecule has 0 N–H and O–H groups in total. The highest BCUT2D eigenvalue weighted by molar-refractivity contribution is 6.31. The molecular weight excluding hydrogens is 355 g/mol. The highest BCUT2D eigenvalue weighted by Gasteiger charge is 2.24. The van der Waals surface area contributed by atoms with E-state index in [9.17, 15) is 9.18 Å². The van der Waals surface area contributed by atoms with Crippen LogP contribution in [-0.2, 0) is 6.54 Å². The summed E-state index contributed by atoms with van der Waals surface area (Å²) >= 11 is 6.11. The van der Waals surface area contributed by atoms with Crippen LogP contribution in [0.15, 0.2) is 36.4 Å². The van der Waals surface area contributed by atoms with Crippen LogP contribution < -0.4 is 4.74 Å². The van der Waals surface area contributed by atoms with Gasteiger partial charge in [0.2, 0.25) is 0 Å².